The SMILES string of the molecule is CS(=O)(=O)N1CCCC12CCCN(C(=O)c1ccc3[nH]ccc3c1)C2. The number of nitrogens with zero attached hydrogens (tertiary/aromatic N) is 2. The maximum atomic E-state index is 13.0. The van der Waals surface area contributed by atoms with E-state index in [0.717, 1.165) is 36.6 Å². The summed E-state index contributed by atoms with van der Waals surface area (Å²) in [6.07, 6.45) is 6.51. The molecule has 0 aliphatic carbocycles. The van der Waals surface area contributed by atoms with Crippen molar-refractivity contribution in [3.63, 3.8) is 0 Å². The van der Waals surface area contributed by atoms with Crippen molar-refractivity contribution >= 4 is 26.8 Å². The van der Waals surface area contributed by atoms with Crippen LogP contribution in [0.5, 0.6) is 0 Å². The lowest BCUT2D eigenvalue weighted by Crippen LogP contribution is -2.58. The summed E-state index contributed by atoms with van der Waals surface area (Å²) in [5.74, 6) is -0.0115. The highest BCUT2D eigenvalue weighted by Crippen LogP contribution is 2.39. The van der Waals surface area contributed by atoms with Crippen LogP contribution in [0, 0.1) is 0 Å². The highest BCUT2D eigenvalue weighted by Gasteiger charge is 2.48. The van der Waals surface area contributed by atoms with E-state index in [0.29, 0.717) is 25.2 Å². The quantitative estimate of drug-likeness (QED) is 0.891. The molecule has 2 saturated heterocycles. The molecule has 2 aliphatic heterocycles. The maximum absolute atomic E-state index is 13.0. The monoisotopic (exact) mass is 361 g/mol. The van der Waals surface area contributed by atoms with Crippen molar-refractivity contribution < 1.29 is 13.2 Å². The van der Waals surface area contributed by atoms with E-state index in [1.54, 1.807) is 4.31 Å². The summed E-state index contributed by atoms with van der Waals surface area (Å²) in [4.78, 5) is 18.0. The van der Waals surface area contributed by atoms with Crippen LogP contribution in [0.3, 0.4) is 0 Å². The van der Waals surface area contributed by atoms with Gasteiger partial charge in [0.15, 0.2) is 0 Å². The number of piperidine rings is 1. The van der Waals surface area contributed by atoms with Crippen LogP contribution in [0.1, 0.15) is 36.0 Å². The highest BCUT2D eigenvalue weighted by molar-refractivity contribution is 7.88. The average molecular weight is 361 g/mol. The number of carbonyl (C=O) groups excluding carboxylic acids is 1. The largest absolute Gasteiger partial charge is 0.361 e. The molecule has 1 unspecified atom stereocenters. The number of hydrogen-bond donors (Lipinski definition) is 1. The van der Waals surface area contributed by atoms with Crippen LogP contribution in [0.15, 0.2) is 30.5 Å². The maximum Gasteiger partial charge on any atom is 0.253 e. The molecular weight excluding hydrogens is 338 g/mol. The molecule has 3 heterocycles. The van der Waals surface area contributed by atoms with Crippen LogP contribution in [0.4, 0.5) is 0 Å². The Labute approximate surface area is 147 Å². The summed E-state index contributed by atoms with van der Waals surface area (Å²) in [5, 5.41) is 1.01. The average Bonchev–Trinajstić information content (AvgIpc) is 3.20. The van der Waals surface area contributed by atoms with E-state index in [1.165, 1.54) is 6.26 Å². The number of rotatable bonds is 2. The van der Waals surface area contributed by atoms with Crippen LogP contribution >= 0.6 is 0 Å². The Morgan fingerprint density at radius 2 is 1.92 bits per heavy atom. The Bertz CT molecular complexity index is 921. The van der Waals surface area contributed by atoms with Crippen molar-refractivity contribution in [1.29, 1.82) is 0 Å². The van der Waals surface area contributed by atoms with Gasteiger partial charge in [-0.1, -0.05) is 0 Å². The summed E-state index contributed by atoms with van der Waals surface area (Å²) < 4.78 is 26.0. The van der Waals surface area contributed by atoms with Gasteiger partial charge >= 0.3 is 0 Å². The molecule has 7 heteroatoms. The van der Waals surface area contributed by atoms with Gasteiger partial charge < -0.3 is 9.88 Å². The zero-order valence-corrected chi connectivity index (χ0v) is 15.2. The first-order valence-electron chi connectivity index (χ1n) is 8.73. The number of sulfonamides is 1. The molecule has 1 spiro atoms. The minimum absolute atomic E-state index is 0.0115. The molecule has 1 amide bonds. The molecule has 25 heavy (non-hydrogen) atoms. The van der Waals surface area contributed by atoms with Crippen molar-refractivity contribution in [3.8, 4) is 0 Å². The van der Waals surface area contributed by atoms with Gasteiger partial charge in [0, 0.05) is 42.3 Å². The lowest BCUT2D eigenvalue weighted by atomic mass is 9.87. The minimum Gasteiger partial charge on any atom is -0.361 e. The first kappa shape index (κ1) is 16.6. The fourth-order valence-corrected chi connectivity index (χ4v) is 5.90. The zero-order valence-electron chi connectivity index (χ0n) is 14.4. The van der Waals surface area contributed by atoms with E-state index in [2.05, 4.69) is 4.98 Å². The number of nitrogens with one attached hydrogen (secondary N) is 1. The van der Waals surface area contributed by atoms with E-state index in [9.17, 15) is 13.2 Å². The number of likely N-dealkylation sites (tertiary alicyclic amines) is 1. The van der Waals surface area contributed by atoms with Crippen molar-refractivity contribution in [2.45, 2.75) is 31.2 Å². The van der Waals surface area contributed by atoms with E-state index < -0.39 is 15.6 Å². The van der Waals surface area contributed by atoms with E-state index >= 15 is 0 Å². The summed E-state index contributed by atoms with van der Waals surface area (Å²) in [6, 6.07) is 7.61. The second-order valence-electron chi connectivity index (χ2n) is 7.27. The van der Waals surface area contributed by atoms with Gasteiger partial charge in [-0.2, -0.15) is 4.31 Å². The molecule has 1 atom stereocenters. The molecule has 1 N–H and O–H groups in total. The van der Waals surface area contributed by atoms with Gasteiger partial charge in [0.05, 0.1) is 11.8 Å². The molecule has 1 aromatic carbocycles. The van der Waals surface area contributed by atoms with Gasteiger partial charge in [0.25, 0.3) is 5.91 Å². The molecular formula is C18H23N3O3S. The number of aromatic amines is 1. The van der Waals surface area contributed by atoms with Crippen LogP contribution in [-0.4, -0.2) is 59.9 Å². The molecule has 2 fully saturated rings. The Morgan fingerprint density at radius 1 is 1.16 bits per heavy atom. The first-order valence-corrected chi connectivity index (χ1v) is 10.6. The zero-order chi connectivity index (χ0) is 17.7. The molecule has 0 bridgehead atoms. The highest BCUT2D eigenvalue weighted by atomic mass is 32.2. The number of hydrogen-bond acceptors (Lipinski definition) is 3. The Kier molecular flexibility index (Phi) is 3.88. The lowest BCUT2D eigenvalue weighted by molar-refractivity contribution is 0.0524. The van der Waals surface area contributed by atoms with Crippen molar-refractivity contribution in [3.05, 3.63) is 36.0 Å². The molecule has 4 rings (SSSR count). The lowest BCUT2D eigenvalue weighted by Gasteiger charge is -2.44. The third-order valence-electron chi connectivity index (χ3n) is 5.58. The van der Waals surface area contributed by atoms with Crippen LogP contribution in [0.2, 0.25) is 0 Å². The summed E-state index contributed by atoms with van der Waals surface area (Å²) in [7, 11) is -3.25. The van der Waals surface area contributed by atoms with Crippen LogP contribution in [-0.2, 0) is 10.0 Å². The third kappa shape index (κ3) is 2.85. The summed E-state index contributed by atoms with van der Waals surface area (Å²) >= 11 is 0. The topological polar surface area (TPSA) is 73.5 Å². The van der Waals surface area contributed by atoms with Crippen molar-refractivity contribution in [1.82, 2.24) is 14.2 Å². The molecule has 0 radical (unpaired) electrons. The normalized spacial score (nSPS) is 25.1. The Hall–Kier alpha value is -1.86. The number of benzene rings is 1. The second kappa shape index (κ2) is 5.85. The number of amides is 1. The van der Waals surface area contributed by atoms with Gasteiger partial charge in [0.2, 0.25) is 10.0 Å². The fourth-order valence-electron chi connectivity index (χ4n) is 4.49. The first-order chi connectivity index (χ1) is 11.9. The van der Waals surface area contributed by atoms with Gasteiger partial charge in [-0.15, -0.1) is 0 Å². The third-order valence-corrected chi connectivity index (χ3v) is 6.95. The molecule has 6 nitrogen and oxygen atoms in total. The predicted octanol–water partition coefficient (Wildman–Crippen LogP) is 2.20. The van der Waals surface area contributed by atoms with Crippen molar-refractivity contribution in [2.24, 2.45) is 0 Å². The Balaban J connectivity index is 1.61. The molecule has 2 aromatic rings. The number of aromatic nitrogens is 1. The van der Waals surface area contributed by atoms with Gasteiger partial charge in [-0.25, -0.2) is 8.42 Å². The van der Waals surface area contributed by atoms with Crippen LogP contribution < -0.4 is 0 Å². The second-order valence-corrected chi connectivity index (χ2v) is 9.18. The number of H-pyrrole nitrogens is 1. The molecule has 134 valence electrons. The van der Waals surface area contributed by atoms with E-state index in [1.807, 2.05) is 35.4 Å². The standard InChI is InChI=1S/C18H23N3O3S/c1-25(23,24)21-11-3-8-18(21)7-2-10-20(13-18)17(22)15-4-5-16-14(12-15)6-9-19-16/h4-6,9,12,19H,2-3,7-8,10-11,13H2,1H3. The molecule has 2 aliphatic rings. The minimum atomic E-state index is -3.25. The molecule has 0 saturated carbocycles. The van der Waals surface area contributed by atoms with Crippen LogP contribution in [0.25, 0.3) is 10.9 Å². The number of carbonyl (C=O) groups is 1. The van der Waals surface area contributed by atoms with Crippen molar-refractivity contribution in [2.75, 3.05) is 25.9 Å². The summed E-state index contributed by atoms with van der Waals surface area (Å²) in [6.45, 7) is 1.74. The van der Waals surface area contributed by atoms with Gasteiger partial charge in [-0.3, -0.25) is 4.79 Å². The fraction of sp³-hybridized carbons (Fsp3) is 0.500. The summed E-state index contributed by atoms with van der Waals surface area (Å²) in [5.41, 5.74) is 1.25. The van der Waals surface area contributed by atoms with Gasteiger partial charge in [-0.05, 0) is 49.9 Å². The van der Waals surface area contributed by atoms with E-state index in [-0.39, 0.29) is 5.91 Å². The molecule has 1 aromatic heterocycles. The van der Waals surface area contributed by atoms with E-state index in [4.69, 9.17) is 0 Å². The predicted molar refractivity (Wildman–Crippen MR) is 97.0 cm³/mol. The van der Waals surface area contributed by atoms with Gasteiger partial charge in [0.1, 0.15) is 0 Å². The Morgan fingerprint density at radius 3 is 2.68 bits per heavy atom. The smallest absolute Gasteiger partial charge is 0.253 e. The number of fused-ring (bicyclic) bond motifs is 1.